The minimum absolute atomic E-state index is 0.501. The fourth-order valence-corrected chi connectivity index (χ4v) is 2.26. The Morgan fingerprint density at radius 1 is 1.26 bits per heavy atom. The molecule has 4 nitrogen and oxygen atoms in total. The summed E-state index contributed by atoms with van der Waals surface area (Å²) < 4.78 is 15.4. The SMILES string of the molecule is C=CCOc1ccc(Oc2nc(C3CC3)ns2)cc1. The smallest absolute Gasteiger partial charge is 0.298 e. The van der Waals surface area contributed by atoms with E-state index >= 15 is 0 Å². The summed E-state index contributed by atoms with van der Waals surface area (Å²) in [4.78, 5) is 4.38. The zero-order valence-electron chi connectivity index (χ0n) is 10.4. The van der Waals surface area contributed by atoms with Crippen LogP contribution in [0.5, 0.6) is 16.7 Å². The van der Waals surface area contributed by atoms with E-state index in [1.165, 1.54) is 24.4 Å². The molecule has 1 aliphatic rings. The van der Waals surface area contributed by atoms with Gasteiger partial charge in [-0.2, -0.15) is 9.36 Å². The fraction of sp³-hybridized carbons (Fsp3) is 0.286. The molecule has 19 heavy (non-hydrogen) atoms. The average molecular weight is 274 g/mol. The van der Waals surface area contributed by atoms with Crippen molar-refractivity contribution in [3.05, 3.63) is 42.7 Å². The Morgan fingerprint density at radius 2 is 2.00 bits per heavy atom. The number of aromatic nitrogens is 2. The van der Waals surface area contributed by atoms with Gasteiger partial charge in [0.05, 0.1) is 0 Å². The largest absolute Gasteiger partial charge is 0.490 e. The van der Waals surface area contributed by atoms with E-state index in [1.54, 1.807) is 6.08 Å². The van der Waals surface area contributed by atoms with Crippen LogP contribution >= 0.6 is 11.5 Å². The first-order chi connectivity index (χ1) is 9.35. The zero-order valence-corrected chi connectivity index (χ0v) is 11.2. The van der Waals surface area contributed by atoms with Gasteiger partial charge in [-0.15, -0.1) is 0 Å². The second kappa shape index (κ2) is 5.40. The van der Waals surface area contributed by atoms with E-state index in [0.717, 1.165) is 17.3 Å². The van der Waals surface area contributed by atoms with E-state index in [2.05, 4.69) is 15.9 Å². The minimum Gasteiger partial charge on any atom is -0.490 e. The normalized spacial score (nSPS) is 14.1. The van der Waals surface area contributed by atoms with Gasteiger partial charge >= 0.3 is 0 Å². The zero-order chi connectivity index (χ0) is 13.1. The van der Waals surface area contributed by atoms with Crippen LogP contribution in [0.2, 0.25) is 0 Å². The summed E-state index contributed by atoms with van der Waals surface area (Å²) in [5.41, 5.74) is 0. The molecule has 3 rings (SSSR count). The molecule has 1 aliphatic carbocycles. The van der Waals surface area contributed by atoms with Crippen molar-refractivity contribution in [2.75, 3.05) is 6.61 Å². The molecule has 0 aliphatic heterocycles. The summed E-state index contributed by atoms with van der Waals surface area (Å²) in [7, 11) is 0. The molecule has 0 radical (unpaired) electrons. The Bertz CT molecular complexity index is 561. The number of nitrogens with zero attached hydrogens (tertiary/aromatic N) is 2. The van der Waals surface area contributed by atoms with Gasteiger partial charge in [0.1, 0.15) is 23.9 Å². The highest BCUT2D eigenvalue weighted by Crippen LogP contribution is 2.40. The van der Waals surface area contributed by atoms with Gasteiger partial charge in [0.25, 0.3) is 5.19 Å². The number of rotatable bonds is 6. The number of hydrogen-bond acceptors (Lipinski definition) is 5. The third kappa shape index (κ3) is 3.12. The standard InChI is InChI=1S/C14H14N2O2S/c1-2-9-17-11-5-7-12(8-6-11)18-14-15-13(16-19-14)10-3-4-10/h2,5-8,10H,1,3-4,9H2. The molecule has 0 amide bonds. The molecule has 0 atom stereocenters. The summed E-state index contributed by atoms with van der Waals surface area (Å²) in [5.74, 6) is 3.02. The molecule has 98 valence electrons. The third-order valence-corrected chi connectivity index (χ3v) is 3.37. The molecule has 0 spiro atoms. The van der Waals surface area contributed by atoms with Crippen molar-refractivity contribution in [1.29, 1.82) is 0 Å². The highest BCUT2D eigenvalue weighted by Gasteiger charge is 2.28. The topological polar surface area (TPSA) is 44.2 Å². The highest BCUT2D eigenvalue weighted by molar-refractivity contribution is 7.07. The van der Waals surface area contributed by atoms with Gasteiger partial charge in [-0.25, -0.2) is 0 Å². The van der Waals surface area contributed by atoms with Crippen LogP contribution in [0.15, 0.2) is 36.9 Å². The number of hydrogen-bond donors (Lipinski definition) is 0. The predicted octanol–water partition coefficient (Wildman–Crippen LogP) is 3.77. The summed E-state index contributed by atoms with van der Waals surface area (Å²) in [5, 5.41) is 0.599. The summed E-state index contributed by atoms with van der Waals surface area (Å²) in [6.45, 7) is 4.11. The minimum atomic E-state index is 0.501. The Labute approximate surface area is 115 Å². The van der Waals surface area contributed by atoms with Crippen LogP contribution in [0, 0.1) is 0 Å². The molecular formula is C14H14N2O2S. The molecular weight excluding hydrogens is 260 g/mol. The van der Waals surface area contributed by atoms with E-state index in [1.807, 2.05) is 24.3 Å². The Balaban J connectivity index is 1.63. The molecule has 2 aromatic rings. The molecule has 1 saturated carbocycles. The Morgan fingerprint density at radius 3 is 2.68 bits per heavy atom. The molecule has 1 aromatic carbocycles. The summed E-state index contributed by atoms with van der Waals surface area (Å²) in [6.07, 6.45) is 4.11. The van der Waals surface area contributed by atoms with Gasteiger partial charge < -0.3 is 9.47 Å². The lowest BCUT2D eigenvalue weighted by Crippen LogP contribution is -1.92. The number of benzene rings is 1. The van der Waals surface area contributed by atoms with Gasteiger partial charge in [-0.05, 0) is 37.1 Å². The molecule has 0 bridgehead atoms. The van der Waals surface area contributed by atoms with Gasteiger partial charge in [-0.3, -0.25) is 0 Å². The first kappa shape index (κ1) is 12.2. The van der Waals surface area contributed by atoms with Gasteiger partial charge in [0.2, 0.25) is 0 Å². The van der Waals surface area contributed by atoms with Crippen molar-refractivity contribution in [3.63, 3.8) is 0 Å². The van der Waals surface area contributed by atoms with Crippen LogP contribution in [0.4, 0.5) is 0 Å². The maximum absolute atomic E-state index is 5.67. The molecule has 1 heterocycles. The van der Waals surface area contributed by atoms with E-state index in [9.17, 15) is 0 Å². The second-order valence-electron chi connectivity index (χ2n) is 4.37. The lowest BCUT2D eigenvalue weighted by Gasteiger charge is -2.04. The lowest BCUT2D eigenvalue weighted by atomic mass is 10.3. The van der Waals surface area contributed by atoms with Gasteiger partial charge in [-0.1, -0.05) is 12.7 Å². The third-order valence-electron chi connectivity index (χ3n) is 2.76. The molecule has 5 heteroatoms. The molecule has 0 saturated heterocycles. The first-order valence-corrected chi connectivity index (χ1v) is 6.97. The Kier molecular flexibility index (Phi) is 3.46. The molecule has 0 N–H and O–H groups in total. The van der Waals surface area contributed by atoms with Gasteiger partial charge in [0, 0.05) is 17.5 Å². The number of ether oxygens (including phenoxy) is 2. The van der Waals surface area contributed by atoms with Crippen molar-refractivity contribution in [2.24, 2.45) is 0 Å². The Hall–Kier alpha value is -1.88. The lowest BCUT2D eigenvalue weighted by molar-refractivity contribution is 0.362. The van der Waals surface area contributed by atoms with E-state index < -0.39 is 0 Å². The van der Waals surface area contributed by atoms with Crippen molar-refractivity contribution in [1.82, 2.24) is 9.36 Å². The second-order valence-corrected chi connectivity index (χ2v) is 5.08. The maximum Gasteiger partial charge on any atom is 0.298 e. The van der Waals surface area contributed by atoms with Crippen LogP contribution in [-0.2, 0) is 0 Å². The maximum atomic E-state index is 5.67. The van der Waals surface area contributed by atoms with Crippen molar-refractivity contribution < 1.29 is 9.47 Å². The van der Waals surface area contributed by atoms with Crippen LogP contribution in [-0.4, -0.2) is 16.0 Å². The summed E-state index contributed by atoms with van der Waals surface area (Å²) >= 11 is 1.30. The fourth-order valence-electron chi connectivity index (χ4n) is 1.63. The van der Waals surface area contributed by atoms with Gasteiger partial charge in [0.15, 0.2) is 0 Å². The monoisotopic (exact) mass is 274 g/mol. The van der Waals surface area contributed by atoms with Crippen LogP contribution in [0.3, 0.4) is 0 Å². The van der Waals surface area contributed by atoms with E-state index in [0.29, 0.717) is 17.7 Å². The van der Waals surface area contributed by atoms with Crippen LogP contribution in [0.1, 0.15) is 24.6 Å². The molecule has 1 aromatic heterocycles. The van der Waals surface area contributed by atoms with Crippen LogP contribution in [0.25, 0.3) is 0 Å². The summed E-state index contributed by atoms with van der Waals surface area (Å²) in [6, 6.07) is 7.44. The molecule has 1 fully saturated rings. The highest BCUT2D eigenvalue weighted by atomic mass is 32.1. The average Bonchev–Trinajstić information content (AvgIpc) is 3.19. The quantitative estimate of drug-likeness (QED) is 0.752. The first-order valence-electron chi connectivity index (χ1n) is 6.20. The predicted molar refractivity (Wildman–Crippen MR) is 74.1 cm³/mol. The van der Waals surface area contributed by atoms with Crippen molar-refractivity contribution >= 4 is 11.5 Å². The van der Waals surface area contributed by atoms with Crippen LogP contribution < -0.4 is 9.47 Å². The van der Waals surface area contributed by atoms with E-state index in [4.69, 9.17) is 9.47 Å². The van der Waals surface area contributed by atoms with Crippen molar-refractivity contribution in [2.45, 2.75) is 18.8 Å². The molecule has 0 unspecified atom stereocenters. The van der Waals surface area contributed by atoms with Crippen molar-refractivity contribution in [3.8, 4) is 16.7 Å². The van der Waals surface area contributed by atoms with E-state index in [-0.39, 0.29) is 0 Å².